The number of piperidine rings is 1. The van der Waals surface area contributed by atoms with Gasteiger partial charge in [-0.2, -0.15) is 0 Å². The molecule has 3 nitrogen and oxygen atoms in total. The van der Waals surface area contributed by atoms with Crippen molar-refractivity contribution in [2.45, 2.75) is 38.6 Å². The van der Waals surface area contributed by atoms with Crippen LogP contribution in [0.2, 0.25) is 0 Å². The number of nitrogens with zero attached hydrogens (tertiary/aromatic N) is 1. The zero-order valence-corrected chi connectivity index (χ0v) is 10.6. The predicted molar refractivity (Wildman–Crippen MR) is 66.7 cm³/mol. The minimum atomic E-state index is 0.697. The molecule has 0 aromatic carbocycles. The van der Waals surface area contributed by atoms with E-state index < -0.39 is 0 Å². The van der Waals surface area contributed by atoms with Crippen LogP contribution in [-0.4, -0.2) is 50.3 Å². The summed E-state index contributed by atoms with van der Waals surface area (Å²) >= 11 is 0. The SMILES string of the molecule is CC(CNCC1CCOC1)N1CCCCC1. The van der Waals surface area contributed by atoms with E-state index in [2.05, 4.69) is 17.1 Å². The summed E-state index contributed by atoms with van der Waals surface area (Å²) in [5, 5.41) is 3.60. The summed E-state index contributed by atoms with van der Waals surface area (Å²) in [6.45, 7) is 9.15. The Kier molecular flexibility index (Phi) is 5.07. The maximum Gasteiger partial charge on any atom is 0.0507 e. The standard InChI is InChI=1S/C13H26N2O/c1-12(15-6-3-2-4-7-15)9-14-10-13-5-8-16-11-13/h12-14H,2-11H2,1H3. The summed E-state index contributed by atoms with van der Waals surface area (Å²) in [4.78, 5) is 2.63. The van der Waals surface area contributed by atoms with Crippen LogP contribution in [0.1, 0.15) is 32.6 Å². The molecule has 2 aliphatic rings. The quantitative estimate of drug-likeness (QED) is 0.768. The Morgan fingerprint density at radius 1 is 1.31 bits per heavy atom. The highest BCUT2D eigenvalue weighted by Crippen LogP contribution is 2.13. The zero-order valence-electron chi connectivity index (χ0n) is 10.6. The van der Waals surface area contributed by atoms with Gasteiger partial charge in [0.2, 0.25) is 0 Å². The van der Waals surface area contributed by atoms with Gasteiger partial charge in [0.15, 0.2) is 0 Å². The first kappa shape index (κ1) is 12.3. The number of hydrogen-bond acceptors (Lipinski definition) is 3. The van der Waals surface area contributed by atoms with E-state index in [1.54, 1.807) is 0 Å². The third kappa shape index (κ3) is 3.72. The van der Waals surface area contributed by atoms with Crippen molar-refractivity contribution >= 4 is 0 Å². The average molecular weight is 226 g/mol. The number of hydrogen-bond donors (Lipinski definition) is 1. The molecule has 1 N–H and O–H groups in total. The van der Waals surface area contributed by atoms with Crippen molar-refractivity contribution in [3.63, 3.8) is 0 Å². The van der Waals surface area contributed by atoms with Gasteiger partial charge in [0.05, 0.1) is 6.61 Å². The molecule has 2 unspecified atom stereocenters. The van der Waals surface area contributed by atoms with Gasteiger partial charge in [0, 0.05) is 25.7 Å². The fourth-order valence-corrected chi connectivity index (χ4v) is 2.73. The molecule has 16 heavy (non-hydrogen) atoms. The summed E-state index contributed by atoms with van der Waals surface area (Å²) < 4.78 is 5.38. The fourth-order valence-electron chi connectivity index (χ4n) is 2.73. The van der Waals surface area contributed by atoms with Gasteiger partial charge in [-0.25, -0.2) is 0 Å². The summed E-state index contributed by atoms with van der Waals surface area (Å²) in [6, 6.07) is 0.697. The third-order valence-corrected chi connectivity index (χ3v) is 3.91. The van der Waals surface area contributed by atoms with E-state index >= 15 is 0 Å². The summed E-state index contributed by atoms with van der Waals surface area (Å²) in [7, 11) is 0. The van der Waals surface area contributed by atoms with Crippen LogP contribution in [0.25, 0.3) is 0 Å². The number of nitrogens with one attached hydrogen (secondary N) is 1. The van der Waals surface area contributed by atoms with Crippen LogP contribution in [0.3, 0.4) is 0 Å². The minimum Gasteiger partial charge on any atom is -0.381 e. The van der Waals surface area contributed by atoms with Gasteiger partial charge in [-0.15, -0.1) is 0 Å². The van der Waals surface area contributed by atoms with Gasteiger partial charge in [-0.05, 0) is 45.2 Å². The van der Waals surface area contributed by atoms with Crippen molar-refractivity contribution in [1.29, 1.82) is 0 Å². The second kappa shape index (κ2) is 6.58. The second-order valence-electron chi connectivity index (χ2n) is 5.33. The molecule has 3 heteroatoms. The highest BCUT2D eigenvalue weighted by Gasteiger charge is 2.18. The van der Waals surface area contributed by atoms with Crippen molar-refractivity contribution in [1.82, 2.24) is 10.2 Å². The van der Waals surface area contributed by atoms with Gasteiger partial charge >= 0.3 is 0 Å². The summed E-state index contributed by atoms with van der Waals surface area (Å²) in [6.07, 6.45) is 5.45. The van der Waals surface area contributed by atoms with Gasteiger partial charge in [-0.3, -0.25) is 4.90 Å². The fraction of sp³-hybridized carbons (Fsp3) is 1.00. The van der Waals surface area contributed by atoms with E-state index in [4.69, 9.17) is 4.74 Å². The number of rotatable bonds is 5. The van der Waals surface area contributed by atoms with Crippen LogP contribution in [-0.2, 0) is 4.74 Å². The Morgan fingerprint density at radius 3 is 2.81 bits per heavy atom. The van der Waals surface area contributed by atoms with E-state index in [1.165, 1.54) is 38.8 Å². The molecule has 0 aromatic rings. The van der Waals surface area contributed by atoms with Crippen LogP contribution < -0.4 is 5.32 Å². The lowest BCUT2D eigenvalue weighted by molar-refractivity contribution is 0.166. The third-order valence-electron chi connectivity index (χ3n) is 3.91. The maximum atomic E-state index is 5.38. The highest BCUT2D eigenvalue weighted by molar-refractivity contribution is 4.74. The highest BCUT2D eigenvalue weighted by atomic mass is 16.5. The van der Waals surface area contributed by atoms with E-state index in [9.17, 15) is 0 Å². The first-order valence-electron chi connectivity index (χ1n) is 6.89. The lowest BCUT2D eigenvalue weighted by Gasteiger charge is -2.32. The molecular formula is C13H26N2O. The molecule has 0 aromatic heterocycles. The Hall–Kier alpha value is -0.120. The molecule has 2 atom stereocenters. The maximum absolute atomic E-state index is 5.38. The van der Waals surface area contributed by atoms with E-state index in [-0.39, 0.29) is 0 Å². The molecule has 2 fully saturated rings. The smallest absolute Gasteiger partial charge is 0.0507 e. The molecule has 0 amide bonds. The number of likely N-dealkylation sites (tertiary alicyclic amines) is 1. The number of ether oxygens (including phenoxy) is 1. The monoisotopic (exact) mass is 226 g/mol. The Bertz CT molecular complexity index is 186. The molecular weight excluding hydrogens is 200 g/mol. The van der Waals surface area contributed by atoms with Gasteiger partial charge in [-0.1, -0.05) is 6.42 Å². The molecule has 0 aliphatic carbocycles. The second-order valence-corrected chi connectivity index (χ2v) is 5.33. The first-order valence-corrected chi connectivity index (χ1v) is 6.89. The van der Waals surface area contributed by atoms with Crippen molar-refractivity contribution < 1.29 is 4.74 Å². The lowest BCUT2D eigenvalue weighted by atomic mass is 10.1. The molecule has 0 saturated carbocycles. The van der Waals surface area contributed by atoms with Crippen LogP contribution in [0, 0.1) is 5.92 Å². The molecule has 94 valence electrons. The predicted octanol–water partition coefficient (Wildman–Crippen LogP) is 1.49. The molecule has 2 rings (SSSR count). The minimum absolute atomic E-state index is 0.697. The van der Waals surface area contributed by atoms with Crippen molar-refractivity contribution in [2.24, 2.45) is 5.92 Å². The Labute approximate surface area is 99.5 Å². The van der Waals surface area contributed by atoms with Crippen molar-refractivity contribution in [2.75, 3.05) is 39.4 Å². The van der Waals surface area contributed by atoms with Gasteiger partial charge < -0.3 is 10.1 Å². The van der Waals surface area contributed by atoms with Gasteiger partial charge in [0.1, 0.15) is 0 Å². The van der Waals surface area contributed by atoms with E-state index in [0.717, 1.165) is 32.2 Å². The van der Waals surface area contributed by atoms with Crippen LogP contribution in [0.5, 0.6) is 0 Å². The molecule has 2 heterocycles. The molecule has 0 bridgehead atoms. The summed E-state index contributed by atoms with van der Waals surface area (Å²) in [5.74, 6) is 0.758. The first-order chi connectivity index (χ1) is 7.86. The Balaban J connectivity index is 1.57. The Morgan fingerprint density at radius 2 is 2.12 bits per heavy atom. The van der Waals surface area contributed by atoms with Crippen molar-refractivity contribution in [3.8, 4) is 0 Å². The zero-order chi connectivity index (χ0) is 11.2. The average Bonchev–Trinajstić information content (AvgIpc) is 2.83. The largest absolute Gasteiger partial charge is 0.381 e. The summed E-state index contributed by atoms with van der Waals surface area (Å²) in [5.41, 5.74) is 0. The van der Waals surface area contributed by atoms with Crippen molar-refractivity contribution in [3.05, 3.63) is 0 Å². The molecule has 0 spiro atoms. The molecule has 0 radical (unpaired) electrons. The van der Waals surface area contributed by atoms with E-state index in [1.807, 2.05) is 0 Å². The topological polar surface area (TPSA) is 24.5 Å². The van der Waals surface area contributed by atoms with E-state index in [0.29, 0.717) is 6.04 Å². The van der Waals surface area contributed by atoms with Crippen LogP contribution in [0.15, 0.2) is 0 Å². The lowest BCUT2D eigenvalue weighted by Crippen LogP contribution is -2.43. The normalized spacial score (nSPS) is 29.4. The molecule has 2 aliphatic heterocycles. The van der Waals surface area contributed by atoms with Gasteiger partial charge in [0.25, 0.3) is 0 Å². The van der Waals surface area contributed by atoms with Crippen LogP contribution >= 0.6 is 0 Å². The van der Waals surface area contributed by atoms with Crippen LogP contribution in [0.4, 0.5) is 0 Å². The molecule has 2 saturated heterocycles.